The SMILES string of the molecule is CCOC(CNc1oc(-c2ccccc2OC)nc1C#N)OCC. The first-order chi connectivity index (χ1) is 11.7. The lowest BCUT2D eigenvalue weighted by atomic mass is 10.2. The molecule has 1 N–H and O–H groups in total. The van der Waals surface area contributed by atoms with Crippen molar-refractivity contribution in [2.45, 2.75) is 20.1 Å². The number of para-hydroxylation sites is 1. The van der Waals surface area contributed by atoms with Crippen molar-refractivity contribution in [3.05, 3.63) is 30.0 Å². The summed E-state index contributed by atoms with van der Waals surface area (Å²) in [5.41, 5.74) is 0.846. The standard InChI is InChI=1S/C17H21N3O4/c1-4-22-15(23-5-2)11-19-17-13(10-18)20-16(24-17)12-8-6-7-9-14(12)21-3/h6-9,15,19H,4-5,11H2,1-3H3. The van der Waals surface area contributed by atoms with Crippen LogP contribution in [0.4, 0.5) is 5.88 Å². The summed E-state index contributed by atoms with van der Waals surface area (Å²) < 4.78 is 21.9. The first-order valence-corrected chi connectivity index (χ1v) is 7.74. The van der Waals surface area contributed by atoms with Gasteiger partial charge in [-0.1, -0.05) is 12.1 Å². The zero-order valence-corrected chi connectivity index (χ0v) is 14.0. The molecule has 0 unspecified atom stereocenters. The third-order valence-corrected chi connectivity index (χ3v) is 3.20. The fraction of sp³-hybridized carbons (Fsp3) is 0.412. The van der Waals surface area contributed by atoms with Gasteiger partial charge in [0.2, 0.25) is 17.5 Å². The first kappa shape index (κ1) is 17.8. The van der Waals surface area contributed by atoms with E-state index in [1.807, 2.05) is 38.1 Å². The number of aromatic nitrogens is 1. The molecule has 0 aliphatic heterocycles. The van der Waals surface area contributed by atoms with Crippen LogP contribution in [0.2, 0.25) is 0 Å². The average molecular weight is 331 g/mol. The Balaban J connectivity index is 2.20. The number of hydrogen-bond acceptors (Lipinski definition) is 7. The lowest BCUT2D eigenvalue weighted by Crippen LogP contribution is -2.26. The predicted octanol–water partition coefficient (Wildman–Crippen LogP) is 3.03. The molecule has 1 aromatic heterocycles. The van der Waals surface area contributed by atoms with E-state index >= 15 is 0 Å². The van der Waals surface area contributed by atoms with Crippen molar-refractivity contribution in [2.75, 3.05) is 32.2 Å². The van der Waals surface area contributed by atoms with Gasteiger partial charge in [0.05, 0.1) is 19.2 Å². The Labute approximate surface area is 141 Å². The number of nitrogens with zero attached hydrogens (tertiary/aromatic N) is 2. The molecule has 0 spiro atoms. The van der Waals surface area contributed by atoms with E-state index < -0.39 is 6.29 Å². The highest BCUT2D eigenvalue weighted by Gasteiger charge is 2.18. The molecule has 2 aromatic rings. The van der Waals surface area contributed by atoms with Crippen LogP contribution < -0.4 is 10.1 Å². The number of anilines is 1. The highest BCUT2D eigenvalue weighted by molar-refractivity contribution is 5.65. The second-order valence-corrected chi connectivity index (χ2v) is 4.73. The largest absolute Gasteiger partial charge is 0.496 e. The van der Waals surface area contributed by atoms with Gasteiger partial charge in [0.15, 0.2) is 6.29 Å². The van der Waals surface area contributed by atoms with Gasteiger partial charge in [-0.15, -0.1) is 0 Å². The Hall–Kier alpha value is -2.56. The second kappa shape index (κ2) is 8.91. The molecule has 1 aromatic carbocycles. The Morgan fingerprint density at radius 2 is 1.96 bits per heavy atom. The lowest BCUT2D eigenvalue weighted by molar-refractivity contribution is -0.126. The molecule has 0 aliphatic rings. The molecule has 24 heavy (non-hydrogen) atoms. The van der Waals surface area contributed by atoms with Gasteiger partial charge in [0.1, 0.15) is 11.8 Å². The monoisotopic (exact) mass is 331 g/mol. The Kier molecular flexibility index (Phi) is 6.61. The maximum absolute atomic E-state index is 9.27. The first-order valence-electron chi connectivity index (χ1n) is 7.74. The summed E-state index contributed by atoms with van der Waals surface area (Å²) in [6.45, 7) is 5.18. The van der Waals surface area contributed by atoms with Gasteiger partial charge < -0.3 is 23.9 Å². The molecule has 7 heteroatoms. The summed E-state index contributed by atoms with van der Waals surface area (Å²) in [7, 11) is 1.57. The highest BCUT2D eigenvalue weighted by Crippen LogP contribution is 2.32. The maximum atomic E-state index is 9.27. The van der Waals surface area contributed by atoms with Crippen LogP contribution in [0.15, 0.2) is 28.7 Å². The molecule has 0 aliphatic carbocycles. The second-order valence-electron chi connectivity index (χ2n) is 4.73. The van der Waals surface area contributed by atoms with Crippen LogP contribution in [-0.4, -0.2) is 38.1 Å². The van der Waals surface area contributed by atoms with E-state index in [0.29, 0.717) is 37.0 Å². The minimum Gasteiger partial charge on any atom is -0.496 e. The van der Waals surface area contributed by atoms with Gasteiger partial charge in [0.25, 0.3) is 0 Å². The van der Waals surface area contributed by atoms with Gasteiger partial charge in [-0.05, 0) is 26.0 Å². The van der Waals surface area contributed by atoms with Crippen molar-refractivity contribution in [3.63, 3.8) is 0 Å². The predicted molar refractivity (Wildman–Crippen MR) is 88.7 cm³/mol. The number of hydrogen-bond donors (Lipinski definition) is 1. The average Bonchev–Trinajstić information content (AvgIpc) is 3.03. The van der Waals surface area contributed by atoms with E-state index in [4.69, 9.17) is 18.6 Å². The van der Waals surface area contributed by atoms with E-state index in [9.17, 15) is 5.26 Å². The van der Waals surface area contributed by atoms with Gasteiger partial charge in [0, 0.05) is 13.2 Å². The van der Waals surface area contributed by atoms with Gasteiger partial charge in [-0.2, -0.15) is 10.2 Å². The molecule has 128 valence electrons. The van der Waals surface area contributed by atoms with E-state index in [-0.39, 0.29) is 11.6 Å². The number of nitrogens with one attached hydrogen (secondary N) is 1. The summed E-state index contributed by atoms with van der Waals surface area (Å²) in [5.74, 6) is 1.22. The number of benzene rings is 1. The normalized spacial score (nSPS) is 10.6. The molecule has 0 radical (unpaired) electrons. The smallest absolute Gasteiger partial charge is 0.233 e. The number of ether oxygens (including phenoxy) is 3. The highest BCUT2D eigenvalue weighted by atomic mass is 16.7. The summed E-state index contributed by atoms with van der Waals surface area (Å²) in [6.07, 6.45) is -0.425. The quantitative estimate of drug-likeness (QED) is 0.706. The molecule has 0 atom stereocenters. The van der Waals surface area contributed by atoms with Crippen molar-refractivity contribution >= 4 is 5.88 Å². The van der Waals surface area contributed by atoms with Crippen LogP contribution in [0, 0.1) is 11.3 Å². The third-order valence-electron chi connectivity index (χ3n) is 3.20. The van der Waals surface area contributed by atoms with E-state index in [2.05, 4.69) is 10.3 Å². The van der Waals surface area contributed by atoms with E-state index in [1.165, 1.54) is 0 Å². The molecule has 0 fully saturated rings. The molecule has 0 saturated heterocycles. The fourth-order valence-electron chi connectivity index (χ4n) is 2.17. The summed E-state index contributed by atoms with van der Waals surface area (Å²) >= 11 is 0. The summed E-state index contributed by atoms with van der Waals surface area (Å²) in [4.78, 5) is 4.23. The van der Waals surface area contributed by atoms with Crippen LogP contribution in [0.3, 0.4) is 0 Å². The van der Waals surface area contributed by atoms with Crippen molar-refractivity contribution in [3.8, 4) is 23.3 Å². The summed E-state index contributed by atoms with van der Waals surface area (Å²) in [6, 6.07) is 9.34. The third kappa shape index (κ3) is 4.25. The maximum Gasteiger partial charge on any atom is 0.233 e. The van der Waals surface area contributed by atoms with Crippen LogP contribution in [0.1, 0.15) is 19.5 Å². The fourth-order valence-corrected chi connectivity index (χ4v) is 2.17. The molecule has 0 amide bonds. The molecule has 2 rings (SSSR count). The van der Waals surface area contributed by atoms with Gasteiger partial charge in [-0.25, -0.2) is 0 Å². The molecular formula is C17H21N3O4. The van der Waals surface area contributed by atoms with Crippen LogP contribution in [0.5, 0.6) is 5.75 Å². The van der Waals surface area contributed by atoms with Crippen molar-refractivity contribution in [1.29, 1.82) is 5.26 Å². The zero-order valence-electron chi connectivity index (χ0n) is 14.0. The molecular weight excluding hydrogens is 310 g/mol. The minimum atomic E-state index is -0.425. The molecule has 1 heterocycles. The number of methoxy groups -OCH3 is 1. The van der Waals surface area contributed by atoms with Crippen molar-refractivity contribution in [2.24, 2.45) is 0 Å². The van der Waals surface area contributed by atoms with Crippen LogP contribution >= 0.6 is 0 Å². The van der Waals surface area contributed by atoms with Crippen molar-refractivity contribution < 1.29 is 18.6 Å². The Bertz CT molecular complexity index is 687. The molecule has 0 saturated carbocycles. The zero-order chi connectivity index (χ0) is 17.4. The number of rotatable bonds is 9. The lowest BCUT2D eigenvalue weighted by Gasteiger charge is -2.16. The van der Waals surface area contributed by atoms with Crippen LogP contribution in [0.25, 0.3) is 11.5 Å². The van der Waals surface area contributed by atoms with E-state index in [0.717, 1.165) is 0 Å². The van der Waals surface area contributed by atoms with E-state index in [1.54, 1.807) is 13.2 Å². The Morgan fingerprint density at radius 1 is 1.25 bits per heavy atom. The van der Waals surface area contributed by atoms with Gasteiger partial charge in [-0.3, -0.25) is 0 Å². The topological polar surface area (TPSA) is 89.5 Å². The number of nitriles is 1. The molecule has 7 nitrogen and oxygen atoms in total. The van der Waals surface area contributed by atoms with Crippen molar-refractivity contribution in [1.82, 2.24) is 4.98 Å². The Morgan fingerprint density at radius 3 is 2.58 bits per heavy atom. The van der Waals surface area contributed by atoms with Gasteiger partial charge >= 0.3 is 0 Å². The van der Waals surface area contributed by atoms with Crippen LogP contribution in [-0.2, 0) is 9.47 Å². The minimum absolute atomic E-state index is 0.169. The molecule has 0 bridgehead atoms. The summed E-state index contributed by atoms with van der Waals surface area (Å²) in [5, 5.41) is 12.3. The number of oxazole rings is 1.